The summed E-state index contributed by atoms with van der Waals surface area (Å²) in [5, 5.41) is 9.09. The molecule has 0 aliphatic carbocycles. The minimum atomic E-state index is -0.975. The van der Waals surface area contributed by atoms with Gasteiger partial charge in [0.25, 0.3) is 0 Å². The summed E-state index contributed by atoms with van der Waals surface area (Å²) in [5.74, 6) is -0.0540. The molecular formula is C9H10N2O2S. The van der Waals surface area contributed by atoms with Crippen LogP contribution in [0.1, 0.15) is 12.5 Å². The predicted octanol–water partition coefficient (Wildman–Crippen LogP) is 1.69. The van der Waals surface area contributed by atoms with Crippen molar-refractivity contribution in [2.45, 2.75) is 12.1 Å². The molecular weight excluding hydrogens is 200 g/mol. The van der Waals surface area contributed by atoms with E-state index < -0.39 is 5.97 Å². The Kier molecular flexibility index (Phi) is 4.12. The highest BCUT2D eigenvalue weighted by molar-refractivity contribution is 7.99. The third kappa shape index (κ3) is 3.57. The summed E-state index contributed by atoms with van der Waals surface area (Å²) in [6, 6.07) is 0. The number of thioether (sulfide) groups is 1. The Morgan fingerprint density at radius 2 is 2.21 bits per heavy atom. The lowest BCUT2D eigenvalue weighted by molar-refractivity contribution is -0.131. The fourth-order valence-corrected chi connectivity index (χ4v) is 1.30. The Bertz CT molecular complexity index is 335. The van der Waals surface area contributed by atoms with Gasteiger partial charge in [-0.05, 0) is 11.8 Å². The van der Waals surface area contributed by atoms with Crippen molar-refractivity contribution >= 4 is 23.8 Å². The molecule has 0 unspecified atom stereocenters. The van der Waals surface area contributed by atoms with E-state index in [1.54, 1.807) is 24.2 Å². The van der Waals surface area contributed by atoms with Gasteiger partial charge in [-0.1, -0.05) is 18.7 Å². The van der Waals surface area contributed by atoms with E-state index in [4.69, 9.17) is 5.11 Å². The topological polar surface area (TPSA) is 63.1 Å². The molecule has 0 saturated heterocycles. The highest BCUT2D eigenvalue weighted by atomic mass is 32.2. The first kappa shape index (κ1) is 10.7. The molecule has 74 valence electrons. The molecule has 1 rings (SSSR count). The van der Waals surface area contributed by atoms with Gasteiger partial charge in [0, 0.05) is 24.0 Å². The SMILES string of the molecule is CCSc1ncc(C=CC(=O)O)cn1. The number of aromatic nitrogens is 2. The molecule has 0 aromatic carbocycles. The van der Waals surface area contributed by atoms with Gasteiger partial charge in [0.15, 0.2) is 5.16 Å². The number of aliphatic carboxylic acids is 1. The Balaban J connectivity index is 2.68. The first-order valence-electron chi connectivity index (χ1n) is 4.08. The zero-order valence-electron chi connectivity index (χ0n) is 7.67. The van der Waals surface area contributed by atoms with Crippen LogP contribution in [-0.2, 0) is 4.79 Å². The van der Waals surface area contributed by atoms with Gasteiger partial charge in [-0.3, -0.25) is 0 Å². The number of carboxylic acids is 1. The summed E-state index contributed by atoms with van der Waals surface area (Å²) in [6.07, 6.45) is 5.73. The summed E-state index contributed by atoms with van der Waals surface area (Å²) in [7, 11) is 0. The van der Waals surface area contributed by atoms with Crippen molar-refractivity contribution in [3.63, 3.8) is 0 Å². The van der Waals surface area contributed by atoms with Gasteiger partial charge in [0.2, 0.25) is 0 Å². The van der Waals surface area contributed by atoms with E-state index in [0.717, 1.165) is 11.8 Å². The van der Waals surface area contributed by atoms with E-state index in [1.165, 1.54) is 6.08 Å². The molecule has 0 bridgehead atoms. The molecule has 1 heterocycles. The van der Waals surface area contributed by atoms with Crippen molar-refractivity contribution in [3.05, 3.63) is 24.0 Å². The van der Waals surface area contributed by atoms with Crippen molar-refractivity contribution in [1.82, 2.24) is 9.97 Å². The van der Waals surface area contributed by atoms with Gasteiger partial charge in [-0.2, -0.15) is 0 Å². The maximum absolute atomic E-state index is 10.2. The zero-order valence-corrected chi connectivity index (χ0v) is 8.49. The zero-order chi connectivity index (χ0) is 10.4. The molecule has 4 nitrogen and oxygen atoms in total. The van der Waals surface area contributed by atoms with Crippen molar-refractivity contribution in [3.8, 4) is 0 Å². The molecule has 0 spiro atoms. The fraction of sp³-hybridized carbons (Fsp3) is 0.222. The Morgan fingerprint density at radius 3 is 2.71 bits per heavy atom. The number of rotatable bonds is 4. The van der Waals surface area contributed by atoms with E-state index in [9.17, 15) is 4.79 Å². The molecule has 1 aromatic heterocycles. The van der Waals surface area contributed by atoms with Crippen LogP contribution in [0.25, 0.3) is 6.08 Å². The first-order valence-corrected chi connectivity index (χ1v) is 5.06. The van der Waals surface area contributed by atoms with Crippen molar-refractivity contribution in [2.75, 3.05) is 5.75 Å². The summed E-state index contributed by atoms with van der Waals surface area (Å²) in [6.45, 7) is 2.02. The molecule has 0 aliphatic rings. The van der Waals surface area contributed by atoms with Crippen LogP contribution in [0.3, 0.4) is 0 Å². The molecule has 0 aliphatic heterocycles. The molecule has 0 saturated carbocycles. The van der Waals surface area contributed by atoms with E-state index in [-0.39, 0.29) is 0 Å². The largest absolute Gasteiger partial charge is 0.478 e. The summed E-state index contributed by atoms with van der Waals surface area (Å²) >= 11 is 1.55. The Labute approximate surface area is 86.1 Å². The number of carbonyl (C=O) groups is 1. The van der Waals surface area contributed by atoms with Gasteiger partial charge in [-0.25, -0.2) is 14.8 Å². The number of carboxylic acid groups (broad SMARTS) is 1. The van der Waals surface area contributed by atoms with Crippen molar-refractivity contribution in [2.24, 2.45) is 0 Å². The van der Waals surface area contributed by atoms with Gasteiger partial charge in [0.05, 0.1) is 0 Å². The van der Waals surface area contributed by atoms with E-state index in [1.807, 2.05) is 6.92 Å². The van der Waals surface area contributed by atoms with Crippen LogP contribution in [0.5, 0.6) is 0 Å². The molecule has 1 N–H and O–H groups in total. The number of nitrogens with zero attached hydrogens (tertiary/aromatic N) is 2. The predicted molar refractivity (Wildman–Crippen MR) is 55.1 cm³/mol. The molecule has 1 aromatic rings. The summed E-state index contributed by atoms with van der Waals surface area (Å²) < 4.78 is 0. The average molecular weight is 210 g/mol. The third-order valence-corrected chi connectivity index (χ3v) is 2.10. The minimum absolute atomic E-state index is 0.688. The Hall–Kier alpha value is -1.36. The minimum Gasteiger partial charge on any atom is -0.478 e. The second kappa shape index (κ2) is 5.39. The lowest BCUT2D eigenvalue weighted by atomic mass is 10.3. The molecule has 0 amide bonds. The quantitative estimate of drug-likeness (QED) is 0.465. The molecule has 14 heavy (non-hydrogen) atoms. The van der Waals surface area contributed by atoms with E-state index in [2.05, 4.69) is 9.97 Å². The van der Waals surface area contributed by atoms with Crippen LogP contribution in [0.15, 0.2) is 23.6 Å². The van der Waals surface area contributed by atoms with Crippen LogP contribution >= 0.6 is 11.8 Å². The van der Waals surface area contributed by atoms with Gasteiger partial charge >= 0.3 is 5.97 Å². The van der Waals surface area contributed by atoms with Crippen LogP contribution in [0, 0.1) is 0 Å². The third-order valence-electron chi connectivity index (χ3n) is 1.34. The number of hydrogen-bond acceptors (Lipinski definition) is 4. The highest BCUT2D eigenvalue weighted by Gasteiger charge is 1.95. The van der Waals surface area contributed by atoms with Crippen molar-refractivity contribution in [1.29, 1.82) is 0 Å². The van der Waals surface area contributed by atoms with Gasteiger partial charge in [0.1, 0.15) is 0 Å². The molecule has 0 fully saturated rings. The maximum atomic E-state index is 10.2. The highest BCUT2D eigenvalue weighted by Crippen LogP contribution is 2.11. The van der Waals surface area contributed by atoms with Crippen LogP contribution < -0.4 is 0 Å². The van der Waals surface area contributed by atoms with E-state index in [0.29, 0.717) is 10.7 Å². The Morgan fingerprint density at radius 1 is 1.57 bits per heavy atom. The molecule has 0 radical (unpaired) electrons. The lowest BCUT2D eigenvalue weighted by Crippen LogP contribution is -1.89. The second-order valence-electron chi connectivity index (χ2n) is 2.40. The summed E-state index contributed by atoms with van der Waals surface area (Å²) in [4.78, 5) is 18.3. The summed E-state index contributed by atoms with van der Waals surface area (Å²) in [5.41, 5.74) is 0.688. The van der Waals surface area contributed by atoms with Gasteiger partial charge < -0.3 is 5.11 Å². The maximum Gasteiger partial charge on any atom is 0.328 e. The number of hydrogen-bond donors (Lipinski definition) is 1. The normalized spacial score (nSPS) is 10.6. The lowest BCUT2D eigenvalue weighted by Gasteiger charge is -1.95. The standard InChI is InChI=1S/C9H10N2O2S/c1-2-14-9-10-5-7(6-11-9)3-4-8(12)13/h3-6H,2H2,1H3,(H,12,13). The molecule has 0 atom stereocenters. The monoisotopic (exact) mass is 210 g/mol. The first-order chi connectivity index (χ1) is 6.72. The van der Waals surface area contributed by atoms with Crippen LogP contribution in [-0.4, -0.2) is 26.8 Å². The van der Waals surface area contributed by atoms with Crippen LogP contribution in [0.4, 0.5) is 0 Å². The van der Waals surface area contributed by atoms with Gasteiger partial charge in [-0.15, -0.1) is 0 Å². The second-order valence-corrected chi connectivity index (χ2v) is 3.63. The van der Waals surface area contributed by atoms with Crippen molar-refractivity contribution < 1.29 is 9.90 Å². The molecule has 5 heteroatoms. The van der Waals surface area contributed by atoms with E-state index >= 15 is 0 Å². The smallest absolute Gasteiger partial charge is 0.328 e. The fourth-order valence-electron chi connectivity index (χ4n) is 0.783. The van der Waals surface area contributed by atoms with Crippen LogP contribution in [0.2, 0.25) is 0 Å². The average Bonchev–Trinajstić information content (AvgIpc) is 2.17.